The molecule has 0 saturated carbocycles. The van der Waals surface area contributed by atoms with Gasteiger partial charge in [-0.1, -0.05) is 0 Å². The summed E-state index contributed by atoms with van der Waals surface area (Å²) in [6, 6.07) is 3.21. The third kappa shape index (κ3) is 3.45. The summed E-state index contributed by atoms with van der Waals surface area (Å²) in [6.45, 7) is 0.973. The fourth-order valence-electron chi connectivity index (χ4n) is 2.63. The summed E-state index contributed by atoms with van der Waals surface area (Å²) in [6.07, 6.45) is -1.23. The highest BCUT2D eigenvalue weighted by atomic mass is 32.1. The smallest absolute Gasteiger partial charge is 0.272 e. The average molecular weight is 354 g/mol. The number of piperazine rings is 1. The van der Waals surface area contributed by atoms with Gasteiger partial charge in [-0.3, -0.25) is 14.3 Å². The van der Waals surface area contributed by atoms with Crippen molar-refractivity contribution in [2.24, 2.45) is 0 Å². The van der Waals surface area contributed by atoms with Crippen LogP contribution in [0.2, 0.25) is 0 Å². The van der Waals surface area contributed by atoms with Crippen LogP contribution in [0.4, 0.5) is 8.78 Å². The van der Waals surface area contributed by atoms with Crippen LogP contribution in [0.25, 0.3) is 0 Å². The Morgan fingerprint density at radius 1 is 1.12 bits per heavy atom. The van der Waals surface area contributed by atoms with Crippen LogP contribution >= 0.6 is 11.3 Å². The van der Waals surface area contributed by atoms with E-state index in [-0.39, 0.29) is 17.5 Å². The predicted octanol–water partition coefficient (Wildman–Crippen LogP) is 1.81. The van der Waals surface area contributed by atoms with Crippen molar-refractivity contribution in [3.8, 4) is 0 Å². The molecule has 0 radical (unpaired) electrons. The van der Waals surface area contributed by atoms with Crippen LogP contribution in [0.15, 0.2) is 29.1 Å². The van der Waals surface area contributed by atoms with E-state index < -0.39 is 13.0 Å². The van der Waals surface area contributed by atoms with Crippen molar-refractivity contribution in [1.29, 1.82) is 0 Å². The summed E-state index contributed by atoms with van der Waals surface area (Å²) < 4.78 is 26.1. The van der Waals surface area contributed by atoms with Crippen molar-refractivity contribution >= 4 is 23.2 Å². The highest BCUT2D eigenvalue weighted by Gasteiger charge is 2.27. The first-order valence-electron chi connectivity index (χ1n) is 7.47. The van der Waals surface area contributed by atoms with Crippen LogP contribution in [0, 0.1) is 0 Å². The first-order chi connectivity index (χ1) is 11.6. The molecule has 24 heavy (non-hydrogen) atoms. The van der Waals surface area contributed by atoms with E-state index in [4.69, 9.17) is 0 Å². The fraction of sp³-hybridized carbons (Fsp3) is 0.400. The Bertz CT molecular complexity index is 709. The Kier molecular flexibility index (Phi) is 4.89. The number of amides is 2. The van der Waals surface area contributed by atoms with Gasteiger partial charge >= 0.3 is 0 Å². The normalized spacial score (nSPS) is 15.1. The lowest BCUT2D eigenvalue weighted by Crippen LogP contribution is -2.50. The Labute approximate surface area is 141 Å². The molecule has 0 unspecified atom stereocenters. The third-order valence-corrected chi connectivity index (χ3v) is 4.55. The molecule has 0 bridgehead atoms. The minimum absolute atomic E-state index is 0.0499. The number of hydrogen-bond acceptors (Lipinski definition) is 4. The van der Waals surface area contributed by atoms with E-state index in [2.05, 4.69) is 5.10 Å². The first kappa shape index (κ1) is 16.6. The van der Waals surface area contributed by atoms with Gasteiger partial charge in [0.2, 0.25) is 0 Å². The molecule has 1 saturated heterocycles. The molecule has 9 heteroatoms. The summed E-state index contributed by atoms with van der Waals surface area (Å²) in [4.78, 5) is 28.0. The predicted molar refractivity (Wildman–Crippen MR) is 84.4 cm³/mol. The molecule has 0 aliphatic carbocycles. The Morgan fingerprint density at radius 2 is 1.79 bits per heavy atom. The van der Waals surface area contributed by atoms with Crippen LogP contribution in [-0.2, 0) is 6.54 Å². The molecule has 0 spiro atoms. The molecule has 2 aromatic heterocycles. The highest BCUT2D eigenvalue weighted by molar-refractivity contribution is 7.08. The van der Waals surface area contributed by atoms with Crippen molar-refractivity contribution < 1.29 is 18.4 Å². The minimum Gasteiger partial charge on any atom is -0.335 e. The van der Waals surface area contributed by atoms with E-state index in [1.54, 1.807) is 21.2 Å². The van der Waals surface area contributed by atoms with Gasteiger partial charge in [0.15, 0.2) is 0 Å². The highest BCUT2D eigenvalue weighted by Crippen LogP contribution is 2.14. The minimum atomic E-state index is -2.57. The largest absolute Gasteiger partial charge is 0.335 e. The zero-order chi connectivity index (χ0) is 17.1. The van der Waals surface area contributed by atoms with Gasteiger partial charge in [-0.25, -0.2) is 8.78 Å². The third-order valence-electron chi connectivity index (χ3n) is 3.87. The monoisotopic (exact) mass is 354 g/mol. The van der Waals surface area contributed by atoms with E-state index in [1.807, 2.05) is 5.38 Å². The van der Waals surface area contributed by atoms with Crippen molar-refractivity contribution in [2.45, 2.75) is 13.0 Å². The molecular weight excluding hydrogens is 338 g/mol. The van der Waals surface area contributed by atoms with Crippen molar-refractivity contribution in [2.75, 3.05) is 26.2 Å². The Morgan fingerprint density at radius 3 is 2.38 bits per heavy atom. The average Bonchev–Trinajstić information content (AvgIpc) is 3.25. The lowest BCUT2D eigenvalue weighted by molar-refractivity contribution is 0.0523. The van der Waals surface area contributed by atoms with E-state index in [0.717, 1.165) is 4.68 Å². The lowest BCUT2D eigenvalue weighted by Gasteiger charge is -2.34. The fourth-order valence-corrected chi connectivity index (χ4v) is 3.26. The SMILES string of the molecule is O=C(c1ccsc1)N1CCN(C(=O)c2ccnn2CC(F)F)CC1. The zero-order valence-corrected chi connectivity index (χ0v) is 13.6. The molecule has 6 nitrogen and oxygen atoms in total. The molecule has 2 aromatic rings. The number of alkyl halides is 2. The molecule has 2 amide bonds. The number of halogens is 2. The van der Waals surface area contributed by atoms with E-state index >= 15 is 0 Å². The summed E-state index contributed by atoms with van der Waals surface area (Å²) in [5, 5.41) is 7.41. The van der Waals surface area contributed by atoms with Gasteiger partial charge in [-0.2, -0.15) is 16.4 Å². The number of carbonyl (C=O) groups is 2. The Balaban J connectivity index is 1.61. The van der Waals surface area contributed by atoms with E-state index in [0.29, 0.717) is 31.7 Å². The molecule has 3 rings (SSSR count). The quantitative estimate of drug-likeness (QED) is 0.841. The van der Waals surface area contributed by atoms with Crippen LogP contribution in [0.3, 0.4) is 0 Å². The van der Waals surface area contributed by atoms with Gasteiger partial charge in [-0.15, -0.1) is 0 Å². The second-order valence-electron chi connectivity index (χ2n) is 5.39. The molecule has 1 aliphatic heterocycles. The van der Waals surface area contributed by atoms with Gasteiger partial charge in [-0.05, 0) is 17.5 Å². The van der Waals surface area contributed by atoms with Crippen LogP contribution in [0.5, 0.6) is 0 Å². The number of carbonyl (C=O) groups excluding carboxylic acids is 2. The number of hydrogen-bond donors (Lipinski definition) is 0. The second-order valence-corrected chi connectivity index (χ2v) is 6.17. The summed E-state index contributed by atoms with van der Waals surface area (Å²) in [5.74, 6) is -0.387. The van der Waals surface area contributed by atoms with Gasteiger partial charge < -0.3 is 9.80 Å². The Hall–Kier alpha value is -2.29. The van der Waals surface area contributed by atoms with Crippen molar-refractivity contribution in [3.05, 3.63) is 40.3 Å². The molecule has 3 heterocycles. The number of thiophene rings is 1. The number of rotatable bonds is 4. The molecule has 1 aliphatic rings. The molecular formula is C15H16F2N4O2S. The van der Waals surface area contributed by atoms with Crippen LogP contribution in [-0.4, -0.2) is 64.0 Å². The van der Waals surface area contributed by atoms with Crippen LogP contribution < -0.4 is 0 Å². The molecule has 128 valence electrons. The number of aromatic nitrogens is 2. The summed E-state index contributed by atoms with van der Waals surface area (Å²) in [7, 11) is 0. The van der Waals surface area contributed by atoms with Gasteiger partial charge in [0.05, 0.1) is 5.56 Å². The maximum absolute atomic E-state index is 12.5. The van der Waals surface area contributed by atoms with E-state index in [1.165, 1.54) is 23.6 Å². The summed E-state index contributed by atoms with van der Waals surface area (Å²) in [5.41, 5.74) is 0.794. The van der Waals surface area contributed by atoms with Crippen molar-refractivity contribution in [1.82, 2.24) is 19.6 Å². The summed E-state index contributed by atoms with van der Waals surface area (Å²) >= 11 is 1.46. The lowest BCUT2D eigenvalue weighted by atomic mass is 10.2. The van der Waals surface area contributed by atoms with E-state index in [9.17, 15) is 18.4 Å². The molecule has 1 fully saturated rings. The van der Waals surface area contributed by atoms with Gasteiger partial charge in [0.25, 0.3) is 18.2 Å². The van der Waals surface area contributed by atoms with Crippen LogP contribution in [0.1, 0.15) is 20.8 Å². The topological polar surface area (TPSA) is 58.4 Å². The molecule has 0 aromatic carbocycles. The van der Waals surface area contributed by atoms with Crippen molar-refractivity contribution in [3.63, 3.8) is 0 Å². The molecule has 0 N–H and O–H groups in total. The standard InChI is InChI=1S/C15H16F2N4O2S/c16-13(17)9-21-12(1-3-18-21)15(23)20-6-4-19(5-7-20)14(22)11-2-8-24-10-11/h1-3,8,10,13H,4-7,9H2. The second kappa shape index (κ2) is 7.08. The van der Waals surface area contributed by atoms with Gasteiger partial charge in [0.1, 0.15) is 12.2 Å². The zero-order valence-electron chi connectivity index (χ0n) is 12.8. The first-order valence-corrected chi connectivity index (χ1v) is 8.41. The van der Waals surface area contributed by atoms with Gasteiger partial charge in [0, 0.05) is 37.8 Å². The maximum atomic E-state index is 12.5. The maximum Gasteiger partial charge on any atom is 0.272 e. The molecule has 0 atom stereocenters. The number of nitrogens with zero attached hydrogens (tertiary/aromatic N) is 4.